The van der Waals surface area contributed by atoms with E-state index in [4.69, 9.17) is 0 Å². The first-order valence-corrected chi connectivity index (χ1v) is 7.01. The summed E-state index contributed by atoms with van der Waals surface area (Å²) in [5.41, 5.74) is 2.22. The Bertz CT molecular complexity index is 404. The molecule has 1 aliphatic carbocycles. The van der Waals surface area contributed by atoms with Gasteiger partial charge in [0.25, 0.3) is 0 Å². The van der Waals surface area contributed by atoms with Crippen molar-refractivity contribution in [1.29, 1.82) is 0 Å². The Morgan fingerprint density at radius 3 is 2.28 bits per heavy atom. The van der Waals surface area contributed by atoms with Crippen molar-refractivity contribution in [1.82, 2.24) is 0 Å². The molecule has 0 saturated heterocycles. The van der Waals surface area contributed by atoms with Crippen molar-refractivity contribution in [3.63, 3.8) is 0 Å². The number of benzene rings is 1. The van der Waals surface area contributed by atoms with Crippen molar-refractivity contribution in [3.05, 3.63) is 34.9 Å². The molecule has 0 spiro atoms. The SMILES string of the molecule is Cc1cccc(C(O)C2(O)CCCCCC2)c1C. The van der Waals surface area contributed by atoms with Crippen molar-refractivity contribution in [2.45, 2.75) is 64.1 Å². The van der Waals surface area contributed by atoms with Gasteiger partial charge in [-0.3, -0.25) is 0 Å². The molecule has 0 bridgehead atoms. The summed E-state index contributed by atoms with van der Waals surface area (Å²) in [7, 11) is 0. The number of aryl methyl sites for hydroxylation is 1. The predicted molar refractivity (Wildman–Crippen MR) is 73.5 cm³/mol. The van der Waals surface area contributed by atoms with Crippen LogP contribution in [0.2, 0.25) is 0 Å². The van der Waals surface area contributed by atoms with E-state index in [9.17, 15) is 10.2 Å². The van der Waals surface area contributed by atoms with E-state index in [1.807, 2.05) is 32.0 Å². The average molecular weight is 248 g/mol. The zero-order valence-electron chi connectivity index (χ0n) is 11.4. The van der Waals surface area contributed by atoms with Gasteiger partial charge in [-0.15, -0.1) is 0 Å². The second-order valence-corrected chi connectivity index (χ2v) is 5.71. The molecule has 0 amide bonds. The van der Waals surface area contributed by atoms with Crippen LogP contribution in [-0.4, -0.2) is 15.8 Å². The van der Waals surface area contributed by atoms with Crippen LogP contribution in [0.5, 0.6) is 0 Å². The first-order valence-electron chi connectivity index (χ1n) is 7.01. The number of aliphatic hydroxyl groups is 2. The highest BCUT2D eigenvalue weighted by Gasteiger charge is 2.37. The molecular formula is C16H24O2. The highest BCUT2D eigenvalue weighted by Crippen LogP contribution is 2.38. The molecule has 2 rings (SSSR count). The van der Waals surface area contributed by atoms with E-state index in [2.05, 4.69) is 0 Å². The predicted octanol–water partition coefficient (Wildman–Crippen LogP) is 3.42. The van der Waals surface area contributed by atoms with Gasteiger partial charge in [0.1, 0.15) is 6.10 Å². The van der Waals surface area contributed by atoms with E-state index in [1.165, 1.54) is 18.4 Å². The fourth-order valence-electron chi connectivity index (χ4n) is 2.97. The van der Waals surface area contributed by atoms with Gasteiger partial charge in [0.15, 0.2) is 0 Å². The van der Waals surface area contributed by atoms with Crippen LogP contribution < -0.4 is 0 Å². The van der Waals surface area contributed by atoms with Gasteiger partial charge in [0.2, 0.25) is 0 Å². The lowest BCUT2D eigenvalue weighted by Crippen LogP contribution is -2.36. The van der Waals surface area contributed by atoms with Crippen molar-refractivity contribution in [3.8, 4) is 0 Å². The van der Waals surface area contributed by atoms with Crippen LogP contribution in [-0.2, 0) is 0 Å². The molecule has 0 heterocycles. The number of hydrogen-bond donors (Lipinski definition) is 2. The third-order valence-corrected chi connectivity index (χ3v) is 4.42. The molecular weight excluding hydrogens is 224 g/mol. The van der Waals surface area contributed by atoms with Crippen molar-refractivity contribution < 1.29 is 10.2 Å². The lowest BCUT2D eigenvalue weighted by atomic mass is 9.82. The topological polar surface area (TPSA) is 40.5 Å². The van der Waals surface area contributed by atoms with Gasteiger partial charge in [0, 0.05) is 0 Å². The van der Waals surface area contributed by atoms with Crippen molar-refractivity contribution >= 4 is 0 Å². The molecule has 1 saturated carbocycles. The van der Waals surface area contributed by atoms with E-state index in [-0.39, 0.29) is 0 Å². The standard InChI is InChI=1S/C16H24O2/c1-12-8-7-9-14(13(12)2)15(17)16(18)10-5-3-4-6-11-16/h7-9,15,17-18H,3-6,10-11H2,1-2H3. The normalized spacial score (nSPS) is 21.3. The largest absolute Gasteiger partial charge is 0.387 e. The summed E-state index contributed by atoms with van der Waals surface area (Å²) in [5.74, 6) is 0. The van der Waals surface area contributed by atoms with Crippen LogP contribution in [0.25, 0.3) is 0 Å². The summed E-state index contributed by atoms with van der Waals surface area (Å²) in [6.07, 6.45) is 5.03. The molecule has 0 aromatic heterocycles. The van der Waals surface area contributed by atoms with E-state index < -0.39 is 11.7 Å². The number of rotatable bonds is 2. The molecule has 2 nitrogen and oxygen atoms in total. The Kier molecular flexibility index (Phi) is 4.08. The van der Waals surface area contributed by atoms with Crippen LogP contribution >= 0.6 is 0 Å². The highest BCUT2D eigenvalue weighted by molar-refractivity contribution is 5.35. The second-order valence-electron chi connectivity index (χ2n) is 5.71. The van der Waals surface area contributed by atoms with Crippen molar-refractivity contribution in [2.75, 3.05) is 0 Å². The molecule has 0 aliphatic heterocycles. The van der Waals surface area contributed by atoms with Crippen molar-refractivity contribution in [2.24, 2.45) is 0 Å². The molecule has 100 valence electrons. The Morgan fingerprint density at radius 2 is 1.67 bits per heavy atom. The summed E-state index contributed by atoms with van der Waals surface area (Å²) >= 11 is 0. The fraction of sp³-hybridized carbons (Fsp3) is 0.625. The van der Waals surface area contributed by atoms with Crippen LogP contribution in [0.4, 0.5) is 0 Å². The maximum absolute atomic E-state index is 10.7. The third-order valence-electron chi connectivity index (χ3n) is 4.42. The minimum atomic E-state index is -0.935. The van der Waals surface area contributed by atoms with Gasteiger partial charge in [0.05, 0.1) is 5.60 Å². The molecule has 2 N–H and O–H groups in total. The van der Waals surface area contributed by atoms with Gasteiger partial charge in [-0.25, -0.2) is 0 Å². The monoisotopic (exact) mass is 248 g/mol. The zero-order valence-corrected chi connectivity index (χ0v) is 11.4. The van der Waals surface area contributed by atoms with Crippen LogP contribution in [0.15, 0.2) is 18.2 Å². The second kappa shape index (κ2) is 5.41. The Hall–Kier alpha value is -0.860. The zero-order chi connectivity index (χ0) is 13.2. The summed E-state index contributed by atoms with van der Waals surface area (Å²) in [6, 6.07) is 5.94. The molecule has 1 aromatic carbocycles. The lowest BCUT2D eigenvalue weighted by Gasteiger charge is -2.33. The Labute approximate surface area is 110 Å². The summed E-state index contributed by atoms with van der Waals surface area (Å²) in [4.78, 5) is 0. The third kappa shape index (κ3) is 2.60. The Balaban J connectivity index is 2.28. The molecule has 1 atom stereocenters. The maximum atomic E-state index is 10.7. The molecule has 1 fully saturated rings. The minimum Gasteiger partial charge on any atom is -0.387 e. The van der Waals surface area contributed by atoms with Gasteiger partial charge in [-0.2, -0.15) is 0 Å². The first kappa shape index (κ1) is 13.6. The van der Waals surface area contributed by atoms with Crippen LogP contribution in [0.3, 0.4) is 0 Å². The van der Waals surface area contributed by atoms with E-state index in [1.54, 1.807) is 0 Å². The minimum absolute atomic E-state index is 0.710. The summed E-state index contributed by atoms with van der Waals surface area (Å²) in [5, 5.41) is 21.3. The van der Waals surface area contributed by atoms with E-state index >= 15 is 0 Å². The summed E-state index contributed by atoms with van der Waals surface area (Å²) < 4.78 is 0. The molecule has 1 unspecified atom stereocenters. The Morgan fingerprint density at radius 1 is 1.06 bits per heavy atom. The number of hydrogen-bond acceptors (Lipinski definition) is 2. The molecule has 1 aromatic rings. The van der Waals surface area contributed by atoms with E-state index in [0.29, 0.717) is 12.8 Å². The molecule has 0 radical (unpaired) electrons. The summed E-state index contributed by atoms with van der Waals surface area (Å²) in [6.45, 7) is 4.07. The fourth-order valence-corrected chi connectivity index (χ4v) is 2.97. The smallest absolute Gasteiger partial charge is 0.108 e. The van der Waals surface area contributed by atoms with Gasteiger partial charge in [-0.05, 0) is 43.4 Å². The van der Waals surface area contributed by atoms with Gasteiger partial charge >= 0.3 is 0 Å². The van der Waals surface area contributed by atoms with Gasteiger partial charge in [-0.1, -0.05) is 43.9 Å². The first-order chi connectivity index (χ1) is 8.54. The average Bonchev–Trinajstić information content (AvgIpc) is 2.58. The molecule has 18 heavy (non-hydrogen) atoms. The molecule has 1 aliphatic rings. The maximum Gasteiger partial charge on any atom is 0.108 e. The lowest BCUT2D eigenvalue weighted by molar-refractivity contribution is -0.0870. The molecule has 2 heteroatoms. The quantitative estimate of drug-likeness (QED) is 0.787. The van der Waals surface area contributed by atoms with Crippen LogP contribution in [0.1, 0.15) is 61.3 Å². The number of aliphatic hydroxyl groups excluding tert-OH is 1. The van der Waals surface area contributed by atoms with Crippen LogP contribution in [0, 0.1) is 13.8 Å². The van der Waals surface area contributed by atoms with Gasteiger partial charge < -0.3 is 10.2 Å². The van der Waals surface area contributed by atoms with E-state index in [0.717, 1.165) is 24.0 Å². The highest BCUT2D eigenvalue weighted by atomic mass is 16.3.